The second-order valence-corrected chi connectivity index (χ2v) is 2.82. The molecule has 0 amide bonds. The first-order valence-electron chi connectivity index (χ1n) is 4.20. The minimum atomic E-state index is 0.0286. The summed E-state index contributed by atoms with van der Waals surface area (Å²) in [5.41, 5.74) is 7.55. The third kappa shape index (κ3) is 2.53. The van der Waals surface area contributed by atoms with Crippen LogP contribution in [0.3, 0.4) is 0 Å². The molecule has 0 aromatic heterocycles. The molecular formula is C11H13NO. The number of carbonyl (C=O) groups excluding carboxylic acids is 1. The number of carbonyl (C=O) groups is 1. The second kappa shape index (κ2) is 4.58. The summed E-state index contributed by atoms with van der Waals surface area (Å²) in [6.45, 7) is 3.90. The number of hydrogen-bond donors (Lipinski definition) is 1. The van der Waals surface area contributed by atoms with Crippen LogP contribution in [0.15, 0.2) is 36.9 Å². The minimum absolute atomic E-state index is 0.0286. The minimum Gasteiger partial charge on any atom is -0.326 e. The molecule has 0 fully saturated rings. The van der Waals surface area contributed by atoms with Crippen LogP contribution in [0.25, 0.3) is 0 Å². The summed E-state index contributed by atoms with van der Waals surface area (Å²) in [5, 5.41) is 0. The molecule has 0 unspecified atom stereocenters. The highest BCUT2D eigenvalue weighted by Crippen LogP contribution is 2.08. The maximum absolute atomic E-state index is 11.1. The summed E-state index contributed by atoms with van der Waals surface area (Å²) in [5.74, 6) is 0.0286. The predicted molar refractivity (Wildman–Crippen MR) is 53.2 cm³/mol. The van der Waals surface area contributed by atoms with Crippen molar-refractivity contribution >= 4 is 5.78 Å². The van der Waals surface area contributed by atoms with E-state index in [-0.39, 0.29) is 5.78 Å². The average Bonchev–Trinajstić information content (AvgIpc) is 2.18. The van der Waals surface area contributed by atoms with Gasteiger partial charge in [-0.2, -0.15) is 0 Å². The summed E-state index contributed by atoms with van der Waals surface area (Å²) >= 11 is 0. The monoisotopic (exact) mass is 175 g/mol. The summed E-state index contributed by atoms with van der Waals surface area (Å²) in [6.07, 6.45) is 1.74. The molecule has 1 aromatic rings. The van der Waals surface area contributed by atoms with Gasteiger partial charge in [0, 0.05) is 13.0 Å². The van der Waals surface area contributed by atoms with E-state index in [1.165, 1.54) is 6.08 Å². The van der Waals surface area contributed by atoms with Crippen LogP contribution < -0.4 is 5.73 Å². The maximum atomic E-state index is 11.1. The zero-order valence-corrected chi connectivity index (χ0v) is 7.49. The molecule has 0 aliphatic rings. The molecule has 0 spiro atoms. The number of allylic oxidation sites excluding steroid dienone is 1. The molecule has 0 radical (unpaired) electrons. The average molecular weight is 175 g/mol. The molecule has 2 nitrogen and oxygen atoms in total. The van der Waals surface area contributed by atoms with Gasteiger partial charge in [0.2, 0.25) is 0 Å². The van der Waals surface area contributed by atoms with Crippen molar-refractivity contribution in [1.29, 1.82) is 0 Å². The van der Waals surface area contributed by atoms with Crippen LogP contribution in [0.1, 0.15) is 11.1 Å². The van der Waals surface area contributed by atoms with Gasteiger partial charge in [-0.3, -0.25) is 4.79 Å². The van der Waals surface area contributed by atoms with Gasteiger partial charge in [-0.15, -0.1) is 0 Å². The Labute approximate surface area is 78.1 Å². The molecule has 68 valence electrons. The Morgan fingerprint density at radius 2 is 2.00 bits per heavy atom. The molecule has 2 N–H and O–H groups in total. The molecule has 0 aliphatic heterocycles. The number of benzene rings is 1. The molecule has 0 aliphatic carbocycles. The molecule has 0 atom stereocenters. The Bertz CT molecular complexity index is 318. The molecule has 0 bridgehead atoms. The molecule has 0 heterocycles. The molecule has 0 saturated heterocycles. The zero-order valence-electron chi connectivity index (χ0n) is 7.49. The molecule has 1 aromatic carbocycles. The maximum Gasteiger partial charge on any atom is 0.159 e. The normalized spacial score (nSPS) is 9.62. The fourth-order valence-corrected chi connectivity index (χ4v) is 1.19. The lowest BCUT2D eigenvalue weighted by molar-refractivity contribution is -0.114. The largest absolute Gasteiger partial charge is 0.326 e. The quantitative estimate of drug-likeness (QED) is 0.704. The lowest BCUT2D eigenvalue weighted by Gasteiger charge is -2.04. The van der Waals surface area contributed by atoms with Crippen molar-refractivity contribution in [2.24, 2.45) is 5.73 Å². The third-order valence-electron chi connectivity index (χ3n) is 1.93. The van der Waals surface area contributed by atoms with Crippen LogP contribution in [0.4, 0.5) is 0 Å². The van der Waals surface area contributed by atoms with Crippen LogP contribution in [-0.2, 0) is 17.8 Å². The van der Waals surface area contributed by atoms with E-state index >= 15 is 0 Å². The highest BCUT2D eigenvalue weighted by molar-refractivity contribution is 5.91. The Morgan fingerprint density at radius 3 is 2.54 bits per heavy atom. The molecule has 13 heavy (non-hydrogen) atoms. The topological polar surface area (TPSA) is 43.1 Å². The van der Waals surface area contributed by atoms with E-state index in [2.05, 4.69) is 6.58 Å². The zero-order chi connectivity index (χ0) is 9.68. The van der Waals surface area contributed by atoms with Crippen LogP contribution in [0.2, 0.25) is 0 Å². The van der Waals surface area contributed by atoms with Gasteiger partial charge in [0.1, 0.15) is 0 Å². The third-order valence-corrected chi connectivity index (χ3v) is 1.93. The van der Waals surface area contributed by atoms with Crippen LogP contribution >= 0.6 is 0 Å². The van der Waals surface area contributed by atoms with E-state index in [4.69, 9.17) is 5.73 Å². The van der Waals surface area contributed by atoms with Crippen molar-refractivity contribution in [2.75, 3.05) is 0 Å². The smallest absolute Gasteiger partial charge is 0.159 e. The van der Waals surface area contributed by atoms with Crippen molar-refractivity contribution in [2.45, 2.75) is 13.0 Å². The predicted octanol–water partition coefficient (Wildman–Crippen LogP) is 1.44. The van der Waals surface area contributed by atoms with Gasteiger partial charge in [-0.1, -0.05) is 30.8 Å². The first kappa shape index (κ1) is 9.68. The summed E-state index contributed by atoms with van der Waals surface area (Å²) in [7, 11) is 0. The fraction of sp³-hybridized carbons (Fsp3) is 0.182. The van der Waals surface area contributed by atoms with Gasteiger partial charge < -0.3 is 5.73 Å². The molecule has 2 heteroatoms. The Balaban J connectivity index is 2.86. The second-order valence-electron chi connectivity index (χ2n) is 2.82. The van der Waals surface area contributed by atoms with Crippen molar-refractivity contribution in [1.82, 2.24) is 0 Å². The van der Waals surface area contributed by atoms with Crippen molar-refractivity contribution in [3.63, 3.8) is 0 Å². The van der Waals surface area contributed by atoms with E-state index in [1.54, 1.807) is 0 Å². The number of hydrogen-bond acceptors (Lipinski definition) is 2. The van der Waals surface area contributed by atoms with E-state index in [1.807, 2.05) is 24.3 Å². The van der Waals surface area contributed by atoms with E-state index in [9.17, 15) is 4.79 Å². The first-order chi connectivity index (χ1) is 6.27. The molecular weight excluding hydrogens is 162 g/mol. The van der Waals surface area contributed by atoms with Crippen LogP contribution in [0, 0.1) is 0 Å². The van der Waals surface area contributed by atoms with Gasteiger partial charge in [0.25, 0.3) is 0 Å². The fourth-order valence-electron chi connectivity index (χ4n) is 1.19. The van der Waals surface area contributed by atoms with Gasteiger partial charge in [0.15, 0.2) is 5.78 Å². The van der Waals surface area contributed by atoms with Gasteiger partial charge in [-0.05, 0) is 17.2 Å². The summed E-state index contributed by atoms with van der Waals surface area (Å²) < 4.78 is 0. The highest BCUT2D eigenvalue weighted by atomic mass is 16.1. The van der Waals surface area contributed by atoms with Gasteiger partial charge in [-0.25, -0.2) is 0 Å². The molecule has 0 saturated carbocycles. The van der Waals surface area contributed by atoms with E-state index in [0.717, 1.165) is 11.1 Å². The Hall–Kier alpha value is -1.41. The Kier molecular flexibility index (Phi) is 3.41. The standard InChI is InChI=1S/C11H13NO/c1-2-11(13)7-9-5-3-4-6-10(9)8-12/h2-6H,1,7-8,12H2. The van der Waals surface area contributed by atoms with Crippen molar-refractivity contribution < 1.29 is 4.79 Å². The molecule has 1 rings (SSSR count). The number of ketones is 1. The number of rotatable bonds is 4. The van der Waals surface area contributed by atoms with Gasteiger partial charge >= 0.3 is 0 Å². The summed E-state index contributed by atoms with van der Waals surface area (Å²) in [6, 6.07) is 7.68. The first-order valence-corrected chi connectivity index (χ1v) is 4.20. The highest BCUT2D eigenvalue weighted by Gasteiger charge is 2.02. The van der Waals surface area contributed by atoms with Crippen LogP contribution in [-0.4, -0.2) is 5.78 Å². The SMILES string of the molecule is C=CC(=O)Cc1ccccc1CN. The Morgan fingerprint density at radius 1 is 1.38 bits per heavy atom. The number of nitrogens with two attached hydrogens (primary N) is 1. The van der Waals surface area contributed by atoms with Crippen molar-refractivity contribution in [3.05, 3.63) is 48.0 Å². The lowest BCUT2D eigenvalue weighted by Crippen LogP contribution is -2.05. The van der Waals surface area contributed by atoms with E-state index in [0.29, 0.717) is 13.0 Å². The lowest BCUT2D eigenvalue weighted by atomic mass is 10.0. The summed E-state index contributed by atoms with van der Waals surface area (Å²) in [4.78, 5) is 11.1. The van der Waals surface area contributed by atoms with Crippen molar-refractivity contribution in [3.8, 4) is 0 Å². The van der Waals surface area contributed by atoms with E-state index < -0.39 is 0 Å². The van der Waals surface area contributed by atoms with Gasteiger partial charge in [0.05, 0.1) is 0 Å². The van der Waals surface area contributed by atoms with Crippen LogP contribution in [0.5, 0.6) is 0 Å².